The third-order valence-electron chi connectivity index (χ3n) is 4.01. The number of nitrogen functional groups attached to an aromatic ring is 1. The van der Waals surface area contributed by atoms with E-state index in [1.54, 1.807) is 13.4 Å². The van der Waals surface area contributed by atoms with Gasteiger partial charge in [-0.3, -0.25) is 4.57 Å². The predicted octanol–water partition coefficient (Wildman–Crippen LogP) is 2.47. The number of rotatable bonds is 4. The standard InChI is InChI=1S/C16H18N6O2/c1-23-11-6-4-10(5-7-11)19-14-13-15(21-16(17)20-14)22(9-18-13)12-3-2-8-24-12/h4-7,9,12H,2-3,8H2,1H3,(H3,17,19,20,21). The van der Waals surface area contributed by atoms with Crippen LogP contribution >= 0.6 is 0 Å². The summed E-state index contributed by atoms with van der Waals surface area (Å²) in [6.07, 6.45) is 3.66. The van der Waals surface area contributed by atoms with Gasteiger partial charge < -0.3 is 20.5 Å². The van der Waals surface area contributed by atoms with Crippen molar-refractivity contribution in [1.29, 1.82) is 0 Å². The first-order chi connectivity index (χ1) is 11.7. The highest BCUT2D eigenvalue weighted by molar-refractivity contribution is 5.86. The highest BCUT2D eigenvalue weighted by Crippen LogP contribution is 2.30. The van der Waals surface area contributed by atoms with E-state index in [0.29, 0.717) is 17.0 Å². The number of nitrogens with zero attached hydrogens (tertiary/aromatic N) is 4. The minimum atomic E-state index is -0.0434. The maximum Gasteiger partial charge on any atom is 0.224 e. The molecule has 0 saturated carbocycles. The summed E-state index contributed by atoms with van der Waals surface area (Å²) in [5, 5.41) is 3.24. The van der Waals surface area contributed by atoms with Crippen LogP contribution in [0.25, 0.3) is 11.2 Å². The van der Waals surface area contributed by atoms with Crippen LogP contribution in [-0.4, -0.2) is 33.2 Å². The number of hydrogen-bond acceptors (Lipinski definition) is 7. The van der Waals surface area contributed by atoms with E-state index in [2.05, 4.69) is 20.3 Å². The van der Waals surface area contributed by atoms with E-state index >= 15 is 0 Å². The Kier molecular flexibility index (Phi) is 3.66. The van der Waals surface area contributed by atoms with Crippen LogP contribution in [0.15, 0.2) is 30.6 Å². The summed E-state index contributed by atoms with van der Waals surface area (Å²) >= 11 is 0. The molecule has 3 N–H and O–H groups in total. The van der Waals surface area contributed by atoms with Crippen molar-refractivity contribution in [3.63, 3.8) is 0 Å². The molecule has 0 aliphatic carbocycles. The van der Waals surface area contributed by atoms with Crippen LogP contribution in [-0.2, 0) is 4.74 Å². The molecule has 1 saturated heterocycles. The summed E-state index contributed by atoms with van der Waals surface area (Å²) in [6, 6.07) is 7.55. The van der Waals surface area contributed by atoms with Gasteiger partial charge in [-0.1, -0.05) is 0 Å². The molecular weight excluding hydrogens is 308 g/mol. The smallest absolute Gasteiger partial charge is 0.224 e. The molecule has 3 heterocycles. The zero-order valence-electron chi connectivity index (χ0n) is 13.3. The number of aromatic nitrogens is 4. The third-order valence-corrected chi connectivity index (χ3v) is 4.01. The first-order valence-corrected chi connectivity index (χ1v) is 7.77. The third kappa shape index (κ3) is 2.61. The Morgan fingerprint density at radius 1 is 1.29 bits per heavy atom. The van der Waals surface area contributed by atoms with Crippen molar-refractivity contribution in [3.8, 4) is 5.75 Å². The summed E-state index contributed by atoms with van der Waals surface area (Å²) in [5.41, 5.74) is 8.08. The van der Waals surface area contributed by atoms with E-state index in [0.717, 1.165) is 30.9 Å². The lowest BCUT2D eigenvalue weighted by molar-refractivity contribution is 0.0593. The Balaban J connectivity index is 1.71. The zero-order chi connectivity index (χ0) is 16.5. The number of anilines is 3. The number of benzene rings is 1. The van der Waals surface area contributed by atoms with E-state index < -0.39 is 0 Å². The van der Waals surface area contributed by atoms with E-state index in [-0.39, 0.29) is 12.2 Å². The van der Waals surface area contributed by atoms with E-state index in [1.165, 1.54) is 0 Å². The lowest BCUT2D eigenvalue weighted by atomic mass is 10.3. The SMILES string of the molecule is COc1ccc(Nc2nc(N)nc3c2ncn3C2CCCO2)cc1. The second-order valence-electron chi connectivity index (χ2n) is 5.58. The van der Waals surface area contributed by atoms with Gasteiger partial charge in [0.15, 0.2) is 17.0 Å². The number of imidazole rings is 1. The van der Waals surface area contributed by atoms with Crippen LogP contribution < -0.4 is 15.8 Å². The van der Waals surface area contributed by atoms with Gasteiger partial charge >= 0.3 is 0 Å². The number of methoxy groups -OCH3 is 1. The lowest BCUT2D eigenvalue weighted by Gasteiger charge is -2.12. The van der Waals surface area contributed by atoms with Gasteiger partial charge in [0.1, 0.15) is 12.0 Å². The predicted molar refractivity (Wildman–Crippen MR) is 90.2 cm³/mol. The molecule has 2 aromatic heterocycles. The van der Waals surface area contributed by atoms with Gasteiger partial charge in [0, 0.05) is 12.3 Å². The van der Waals surface area contributed by atoms with Crippen molar-refractivity contribution in [2.24, 2.45) is 0 Å². The summed E-state index contributed by atoms with van der Waals surface area (Å²) in [6.45, 7) is 0.752. The Morgan fingerprint density at radius 2 is 2.12 bits per heavy atom. The average Bonchev–Trinajstić information content (AvgIpc) is 3.24. The minimum absolute atomic E-state index is 0.0434. The molecule has 0 spiro atoms. The summed E-state index contributed by atoms with van der Waals surface area (Å²) in [7, 11) is 1.63. The molecule has 1 aromatic carbocycles. The molecular formula is C16H18N6O2. The molecule has 1 fully saturated rings. The Hall–Kier alpha value is -2.87. The van der Waals surface area contributed by atoms with Crippen molar-refractivity contribution >= 4 is 28.6 Å². The first kappa shape index (κ1) is 14.7. The van der Waals surface area contributed by atoms with Crippen LogP contribution in [0.3, 0.4) is 0 Å². The molecule has 1 aliphatic rings. The van der Waals surface area contributed by atoms with Crippen molar-refractivity contribution < 1.29 is 9.47 Å². The molecule has 3 aromatic rings. The van der Waals surface area contributed by atoms with E-state index in [4.69, 9.17) is 15.2 Å². The van der Waals surface area contributed by atoms with Gasteiger partial charge in [-0.25, -0.2) is 4.98 Å². The molecule has 24 heavy (non-hydrogen) atoms. The van der Waals surface area contributed by atoms with Crippen LogP contribution in [0, 0.1) is 0 Å². The van der Waals surface area contributed by atoms with Gasteiger partial charge in [0.25, 0.3) is 0 Å². The second kappa shape index (κ2) is 5.97. The van der Waals surface area contributed by atoms with E-state index in [1.807, 2.05) is 28.8 Å². The Labute approximate surface area is 138 Å². The maximum atomic E-state index is 5.89. The fraction of sp³-hybridized carbons (Fsp3) is 0.312. The van der Waals surface area contributed by atoms with Gasteiger partial charge in [-0.2, -0.15) is 9.97 Å². The molecule has 0 bridgehead atoms. The zero-order valence-corrected chi connectivity index (χ0v) is 13.3. The molecule has 8 nitrogen and oxygen atoms in total. The molecule has 1 atom stereocenters. The number of hydrogen-bond donors (Lipinski definition) is 2. The minimum Gasteiger partial charge on any atom is -0.497 e. The molecule has 8 heteroatoms. The van der Waals surface area contributed by atoms with Crippen LogP contribution in [0.5, 0.6) is 5.75 Å². The fourth-order valence-corrected chi connectivity index (χ4v) is 2.82. The summed E-state index contributed by atoms with van der Waals surface area (Å²) in [5.74, 6) is 1.55. The number of nitrogens with one attached hydrogen (secondary N) is 1. The molecule has 1 aliphatic heterocycles. The van der Waals surface area contributed by atoms with Crippen molar-refractivity contribution in [1.82, 2.24) is 19.5 Å². The summed E-state index contributed by atoms with van der Waals surface area (Å²) in [4.78, 5) is 13.1. The maximum absolute atomic E-state index is 5.89. The highest BCUT2D eigenvalue weighted by Gasteiger charge is 2.22. The van der Waals surface area contributed by atoms with Gasteiger partial charge in [-0.15, -0.1) is 0 Å². The topological polar surface area (TPSA) is 100 Å². The highest BCUT2D eigenvalue weighted by atomic mass is 16.5. The average molecular weight is 326 g/mol. The lowest BCUT2D eigenvalue weighted by Crippen LogP contribution is -2.08. The molecule has 4 rings (SSSR count). The summed E-state index contributed by atoms with van der Waals surface area (Å²) < 4.78 is 12.8. The normalized spacial score (nSPS) is 17.3. The Bertz CT molecular complexity index is 855. The van der Waals surface area contributed by atoms with Crippen LogP contribution in [0.1, 0.15) is 19.1 Å². The number of fused-ring (bicyclic) bond motifs is 1. The largest absolute Gasteiger partial charge is 0.497 e. The van der Waals surface area contributed by atoms with Gasteiger partial charge in [0.05, 0.1) is 13.4 Å². The molecule has 0 radical (unpaired) electrons. The molecule has 0 amide bonds. The Morgan fingerprint density at radius 3 is 2.83 bits per heavy atom. The molecule has 124 valence electrons. The van der Waals surface area contributed by atoms with Gasteiger partial charge in [-0.05, 0) is 37.1 Å². The van der Waals surface area contributed by atoms with Crippen molar-refractivity contribution in [3.05, 3.63) is 30.6 Å². The fourth-order valence-electron chi connectivity index (χ4n) is 2.82. The second-order valence-corrected chi connectivity index (χ2v) is 5.58. The monoisotopic (exact) mass is 326 g/mol. The number of nitrogens with two attached hydrogens (primary N) is 1. The van der Waals surface area contributed by atoms with Crippen molar-refractivity contribution in [2.45, 2.75) is 19.1 Å². The number of ether oxygens (including phenoxy) is 2. The van der Waals surface area contributed by atoms with Gasteiger partial charge in [0.2, 0.25) is 5.95 Å². The van der Waals surface area contributed by atoms with Crippen LogP contribution in [0.4, 0.5) is 17.5 Å². The quantitative estimate of drug-likeness (QED) is 0.759. The van der Waals surface area contributed by atoms with Crippen LogP contribution in [0.2, 0.25) is 0 Å². The van der Waals surface area contributed by atoms with E-state index in [9.17, 15) is 0 Å². The van der Waals surface area contributed by atoms with Crippen molar-refractivity contribution in [2.75, 3.05) is 24.8 Å². The molecule has 1 unspecified atom stereocenters. The first-order valence-electron chi connectivity index (χ1n) is 7.77.